The number of ether oxygens (including phenoxy) is 2. The third kappa shape index (κ3) is 8.39. The lowest BCUT2D eigenvalue weighted by molar-refractivity contribution is -0.148. The largest absolute Gasteiger partial charge is 0.467 e. The molecule has 1 aromatic carbocycles. The molecule has 0 fully saturated rings. The smallest absolute Gasteiger partial charge is 0.328 e. The Morgan fingerprint density at radius 1 is 0.806 bits per heavy atom. The van der Waals surface area contributed by atoms with Crippen LogP contribution in [0.3, 0.4) is 0 Å². The molecule has 1 aromatic rings. The minimum atomic E-state index is -0.822. The Hall–Kier alpha value is -2.90. The number of hydrogen-bond donors (Lipinski definition) is 2. The normalized spacial score (nSPS) is 13.8. The van der Waals surface area contributed by atoms with Crippen LogP contribution < -0.4 is 10.6 Å². The molecule has 0 saturated heterocycles. The number of carbonyl (C=O) groups excluding carboxylic acids is 4. The number of hydrogen-bond acceptors (Lipinski definition) is 6. The van der Waals surface area contributed by atoms with E-state index in [1.165, 1.54) is 14.2 Å². The Bertz CT molecular complexity index is 748. The summed E-state index contributed by atoms with van der Waals surface area (Å²) in [5.41, 5.74) is 0.878. The Morgan fingerprint density at radius 3 is 1.74 bits per heavy atom. The average molecular weight is 435 g/mol. The van der Waals surface area contributed by atoms with Gasteiger partial charge in [-0.05, 0) is 23.8 Å². The quantitative estimate of drug-likeness (QED) is 0.515. The van der Waals surface area contributed by atoms with Crippen LogP contribution in [0.5, 0.6) is 0 Å². The molecule has 2 N–H and O–H groups in total. The summed E-state index contributed by atoms with van der Waals surface area (Å²) in [5, 5.41) is 5.38. The molecule has 0 aliphatic rings. The van der Waals surface area contributed by atoms with E-state index in [-0.39, 0.29) is 18.3 Å². The Balaban J connectivity index is 3.02. The zero-order valence-corrected chi connectivity index (χ0v) is 19.1. The molecule has 0 aromatic heterocycles. The molecule has 0 aliphatic heterocycles. The lowest BCUT2D eigenvalue weighted by Gasteiger charge is -2.25. The van der Waals surface area contributed by atoms with Crippen LogP contribution in [0, 0.1) is 17.8 Å². The summed E-state index contributed by atoms with van der Waals surface area (Å²) >= 11 is 0. The van der Waals surface area contributed by atoms with Crippen LogP contribution in [0.2, 0.25) is 0 Å². The molecule has 8 heteroatoms. The number of benzene rings is 1. The molecule has 3 atom stereocenters. The summed E-state index contributed by atoms with van der Waals surface area (Å²) in [5.74, 6) is -3.06. The molecule has 2 amide bonds. The first-order chi connectivity index (χ1) is 14.6. The Kier molecular flexibility index (Phi) is 10.7. The maximum atomic E-state index is 13.0. The van der Waals surface area contributed by atoms with E-state index < -0.39 is 41.8 Å². The van der Waals surface area contributed by atoms with Gasteiger partial charge in [-0.2, -0.15) is 0 Å². The number of nitrogens with one attached hydrogen (secondary N) is 2. The summed E-state index contributed by atoms with van der Waals surface area (Å²) < 4.78 is 9.54. The van der Waals surface area contributed by atoms with Gasteiger partial charge in [0.15, 0.2) is 0 Å². The highest BCUT2D eigenvalue weighted by molar-refractivity contribution is 5.90. The predicted octanol–water partition coefficient (Wildman–Crippen LogP) is 1.86. The fourth-order valence-corrected chi connectivity index (χ4v) is 3.13. The molecule has 0 heterocycles. The van der Waals surface area contributed by atoms with E-state index in [1.807, 2.05) is 30.3 Å². The van der Waals surface area contributed by atoms with Gasteiger partial charge >= 0.3 is 11.9 Å². The van der Waals surface area contributed by atoms with Crippen molar-refractivity contribution in [2.45, 2.75) is 52.6 Å². The fourth-order valence-electron chi connectivity index (χ4n) is 3.13. The Morgan fingerprint density at radius 2 is 1.29 bits per heavy atom. The van der Waals surface area contributed by atoms with Crippen molar-refractivity contribution in [3.63, 3.8) is 0 Å². The van der Waals surface area contributed by atoms with Crippen molar-refractivity contribution in [1.82, 2.24) is 10.6 Å². The average Bonchev–Trinajstić information content (AvgIpc) is 2.74. The van der Waals surface area contributed by atoms with Crippen LogP contribution in [0.15, 0.2) is 30.3 Å². The second-order valence-electron chi connectivity index (χ2n) is 8.16. The predicted molar refractivity (Wildman–Crippen MR) is 116 cm³/mol. The van der Waals surface area contributed by atoms with E-state index in [4.69, 9.17) is 9.47 Å². The second-order valence-corrected chi connectivity index (χ2v) is 8.16. The van der Waals surface area contributed by atoms with Crippen molar-refractivity contribution in [2.24, 2.45) is 17.8 Å². The van der Waals surface area contributed by atoms with Gasteiger partial charge in [-0.15, -0.1) is 0 Å². The van der Waals surface area contributed by atoms with Crippen LogP contribution in [0.1, 0.15) is 39.7 Å². The summed E-state index contributed by atoms with van der Waals surface area (Å²) in [6.45, 7) is 7.17. The highest BCUT2D eigenvalue weighted by Crippen LogP contribution is 2.16. The van der Waals surface area contributed by atoms with E-state index in [0.717, 1.165) is 5.56 Å². The van der Waals surface area contributed by atoms with Crippen LogP contribution in [0.25, 0.3) is 0 Å². The van der Waals surface area contributed by atoms with Gasteiger partial charge in [-0.1, -0.05) is 58.0 Å². The number of carbonyl (C=O) groups is 4. The van der Waals surface area contributed by atoms with Gasteiger partial charge < -0.3 is 20.1 Å². The molecule has 31 heavy (non-hydrogen) atoms. The number of rotatable bonds is 11. The number of amides is 2. The van der Waals surface area contributed by atoms with Crippen LogP contribution >= 0.6 is 0 Å². The van der Waals surface area contributed by atoms with E-state index in [1.54, 1.807) is 27.7 Å². The zero-order valence-electron chi connectivity index (χ0n) is 19.1. The fraction of sp³-hybridized carbons (Fsp3) is 0.565. The van der Waals surface area contributed by atoms with Crippen LogP contribution in [-0.4, -0.2) is 50.1 Å². The molecule has 8 nitrogen and oxygen atoms in total. The van der Waals surface area contributed by atoms with Crippen molar-refractivity contribution in [1.29, 1.82) is 0 Å². The lowest BCUT2D eigenvalue weighted by Crippen LogP contribution is -2.49. The Labute approximate surface area is 184 Å². The van der Waals surface area contributed by atoms with Crippen molar-refractivity contribution in [2.75, 3.05) is 14.2 Å². The van der Waals surface area contributed by atoms with Crippen molar-refractivity contribution in [3.05, 3.63) is 35.9 Å². The van der Waals surface area contributed by atoms with Gasteiger partial charge in [0, 0.05) is 6.42 Å². The molecule has 0 radical (unpaired) electrons. The van der Waals surface area contributed by atoms with Crippen molar-refractivity contribution in [3.8, 4) is 0 Å². The SMILES string of the molecule is COC(=O)[C@@H](NC(=O)CC(Cc1ccccc1)C(=O)N[C@H](C(=O)OC)C(C)C)C(C)C. The first kappa shape index (κ1) is 26.1. The third-order valence-corrected chi connectivity index (χ3v) is 4.99. The molecule has 172 valence electrons. The summed E-state index contributed by atoms with van der Waals surface area (Å²) in [6, 6.07) is 7.66. The number of esters is 2. The van der Waals surface area contributed by atoms with Gasteiger partial charge in [0.25, 0.3) is 0 Å². The van der Waals surface area contributed by atoms with E-state index >= 15 is 0 Å². The summed E-state index contributed by atoms with van der Waals surface area (Å²) in [4.78, 5) is 49.8. The van der Waals surface area contributed by atoms with Crippen molar-refractivity contribution >= 4 is 23.8 Å². The van der Waals surface area contributed by atoms with Gasteiger partial charge in [-0.3, -0.25) is 9.59 Å². The maximum Gasteiger partial charge on any atom is 0.328 e. The van der Waals surface area contributed by atoms with E-state index in [9.17, 15) is 19.2 Å². The van der Waals surface area contributed by atoms with E-state index in [2.05, 4.69) is 10.6 Å². The highest BCUT2D eigenvalue weighted by Gasteiger charge is 2.31. The second kappa shape index (κ2) is 12.7. The molecule has 0 spiro atoms. The van der Waals surface area contributed by atoms with Crippen LogP contribution in [0.4, 0.5) is 0 Å². The zero-order chi connectivity index (χ0) is 23.6. The summed E-state index contributed by atoms with van der Waals surface area (Å²) in [7, 11) is 2.52. The highest BCUT2D eigenvalue weighted by atomic mass is 16.5. The van der Waals surface area contributed by atoms with Gasteiger partial charge in [0.2, 0.25) is 11.8 Å². The van der Waals surface area contributed by atoms with Gasteiger partial charge in [-0.25, -0.2) is 9.59 Å². The standard InChI is InChI=1S/C23H34N2O6/c1-14(2)19(22(28)30-5)24-18(26)13-17(12-16-10-8-7-9-11-16)21(27)25-20(15(3)4)23(29)31-6/h7-11,14-15,17,19-20H,12-13H2,1-6H3,(H,24,26)(H,25,27)/t17?,19-,20-/m0/s1. The lowest BCUT2D eigenvalue weighted by atomic mass is 9.93. The first-order valence-corrected chi connectivity index (χ1v) is 10.4. The van der Waals surface area contributed by atoms with Gasteiger partial charge in [0.1, 0.15) is 12.1 Å². The molecular weight excluding hydrogens is 400 g/mol. The number of methoxy groups -OCH3 is 2. The molecule has 0 aliphatic carbocycles. The first-order valence-electron chi connectivity index (χ1n) is 10.4. The molecule has 1 unspecified atom stereocenters. The molecular formula is C23H34N2O6. The van der Waals surface area contributed by atoms with Crippen LogP contribution in [-0.2, 0) is 35.1 Å². The molecule has 0 bridgehead atoms. The van der Waals surface area contributed by atoms with Gasteiger partial charge in [0.05, 0.1) is 20.1 Å². The third-order valence-electron chi connectivity index (χ3n) is 4.99. The van der Waals surface area contributed by atoms with Crippen molar-refractivity contribution < 1.29 is 28.7 Å². The summed E-state index contributed by atoms with van der Waals surface area (Å²) in [6.07, 6.45) is 0.156. The topological polar surface area (TPSA) is 111 Å². The minimum absolute atomic E-state index is 0.146. The maximum absolute atomic E-state index is 13.0. The molecule has 1 rings (SSSR count). The molecule has 0 saturated carbocycles. The monoisotopic (exact) mass is 434 g/mol. The minimum Gasteiger partial charge on any atom is -0.467 e. The van der Waals surface area contributed by atoms with E-state index in [0.29, 0.717) is 6.42 Å².